The van der Waals surface area contributed by atoms with Gasteiger partial charge in [-0.2, -0.15) is 0 Å². The predicted octanol–water partition coefficient (Wildman–Crippen LogP) is 4.31. The first-order valence-electron chi connectivity index (χ1n) is 8.82. The van der Waals surface area contributed by atoms with E-state index in [0.717, 1.165) is 30.0 Å². The van der Waals surface area contributed by atoms with E-state index < -0.39 is 0 Å². The van der Waals surface area contributed by atoms with Gasteiger partial charge in [0, 0.05) is 12.1 Å². The topological polar surface area (TPSA) is 21.3 Å². The molecule has 0 saturated heterocycles. The molecule has 4 saturated carbocycles. The second-order valence-corrected chi connectivity index (χ2v) is 7.80. The highest BCUT2D eigenvalue weighted by atomic mass is 16.5. The summed E-state index contributed by atoms with van der Waals surface area (Å²) in [7, 11) is 0. The van der Waals surface area contributed by atoms with Gasteiger partial charge in [0.15, 0.2) is 0 Å². The maximum absolute atomic E-state index is 5.55. The zero-order valence-corrected chi connectivity index (χ0v) is 13.4. The minimum atomic E-state index is 0.451. The van der Waals surface area contributed by atoms with E-state index in [2.05, 4.69) is 36.2 Å². The normalized spacial score (nSPS) is 35.5. The van der Waals surface area contributed by atoms with Gasteiger partial charge >= 0.3 is 0 Å². The van der Waals surface area contributed by atoms with Crippen LogP contribution in [-0.2, 0) is 6.54 Å². The molecule has 5 rings (SSSR count). The number of hydrogen-bond acceptors (Lipinski definition) is 2. The molecule has 0 amide bonds. The van der Waals surface area contributed by atoms with E-state index in [9.17, 15) is 0 Å². The summed E-state index contributed by atoms with van der Waals surface area (Å²) in [5, 5.41) is 3.95. The van der Waals surface area contributed by atoms with Crippen molar-refractivity contribution in [2.45, 2.75) is 50.6 Å². The van der Waals surface area contributed by atoms with Gasteiger partial charge in [0.25, 0.3) is 0 Å². The second kappa shape index (κ2) is 5.73. The van der Waals surface area contributed by atoms with Crippen molar-refractivity contribution in [2.24, 2.45) is 17.8 Å². The molecular formula is C20H27NO. The Kier molecular flexibility index (Phi) is 3.73. The van der Waals surface area contributed by atoms with Crippen molar-refractivity contribution < 1.29 is 4.74 Å². The summed E-state index contributed by atoms with van der Waals surface area (Å²) in [6, 6.07) is 8.51. The summed E-state index contributed by atoms with van der Waals surface area (Å²) >= 11 is 0. The highest BCUT2D eigenvalue weighted by Crippen LogP contribution is 2.55. The third kappa shape index (κ3) is 2.81. The summed E-state index contributed by atoms with van der Waals surface area (Å²) in [5.74, 6) is 3.95. The number of nitrogens with one attached hydrogen (secondary N) is 1. The van der Waals surface area contributed by atoms with E-state index in [1.165, 1.54) is 44.1 Å². The van der Waals surface area contributed by atoms with Gasteiger partial charge in [-0.3, -0.25) is 0 Å². The van der Waals surface area contributed by atoms with Crippen LogP contribution in [0.3, 0.4) is 0 Å². The van der Waals surface area contributed by atoms with Crippen molar-refractivity contribution in [1.82, 2.24) is 5.32 Å². The molecule has 1 aromatic carbocycles. The lowest BCUT2D eigenvalue weighted by atomic mass is 9.53. The lowest BCUT2D eigenvalue weighted by molar-refractivity contribution is -0.0206. The SMILES string of the molecule is C=CCOc1ccc(CNC23CC4CC(CC(C4)C2)C3)cc1. The Labute approximate surface area is 133 Å². The summed E-state index contributed by atoms with van der Waals surface area (Å²) in [6.45, 7) is 5.25. The van der Waals surface area contributed by atoms with E-state index in [1.807, 2.05) is 0 Å². The Morgan fingerprint density at radius 2 is 1.64 bits per heavy atom. The van der Waals surface area contributed by atoms with Crippen LogP contribution in [0.4, 0.5) is 0 Å². The van der Waals surface area contributed by atoms with Crippen molar-refractivity contribution in [3.05, 3.63) is 42.5 Å². The molecule has 4 fully saturated rings. The predicted molar refractivity (Wildman–Crippen MR) is 89.9 cm³/mol. The Hall–Kier alpha value is -1.28. The molecular weight excluding hydrogens is 270 g/mol. The van der Waals surface area contributed by atoms with E-state index in [1.54, 1.807) is 6.08 Å². The van der Waals surface area contributed by atoms with Gasteiger partial charge in [-0.1, -0.05) is 24.8 Å². The maximum Gasteiger partial charge on any atom is 0.119 e. The molecule has 0 unspecified atom stereocenters. The van der Waals surface area contributed by atoms with Gasteiger partial charge < -0.3 is 10.1 Å². The molecule has 4 aliphatic rings. The Morgan fingerprint density at radius 3 is 2.18 bits per heavy atom. The molecule has 22 heavy (non-hydrogen) atoms. The minimum absolute atomic E-state index is 0.451. The molecule has 4 bridgehead atoms. The first-order chi connectivity index (χ1) is 10.7. The van der Waals surface area contributed by atoms with E-state index >= 15 is 0 Å². The van der Waals surface area contributed by atoms with Crippen molar-refractivity contribution in [3.8, 4) is 5.75 Å². The summed E-state index contributed by atoms with van der Waals surface area (Å²) < 4.78 is 5.55. The first kappa shape index (κ1) is 14.3. The number of hydrogen-bond donors (Lipinski definition) is 1. The zero-order valence-electron chi connectivity index (χ0n) is 13.4. The second-order valence-electron chi connectivity index (χ2n) is 7.80. The molecule has 2 nitrogen and oxygen atoms in total. The van der Waals surface area contributed by atoms with E-state index in [4.69, 9.17) is 4.74 Å². The zero-order chi connectivity index (χ0) is 15.0. The smallest absolute Gasteiger partial charge is 0.119 e. The van der Waals surface area contributed by atoms with Gasteiger partial charge in [-0.25, -0.2) is 0 Å². The van der Waals surface area contributed by atoms with Crippen molar-refractivity contribution >= 4 is 0 Å². The molecule has 118 valence electrons. The van der Waals surface area contributed by atoms with Crippen molar-refractivity contribution in [3.63, 3.8) is 0 Å². The Bertz CT molecular complexity index is 498. The van der Waals surface area contributed by atoms with Crippen LogP contribution in [0.2, 0.25) is 0 Å². The number of rotatable bonds is 6. The van der Waals surface area contributed by atoms with Crippen LogP contribution in [-0.4, -0.2) is 12.1 Å². The third-order valence-electron chi connectivity index (χ3n) is 6.00. The number of benzene rings is 1. The van der Waals surface area contributed by atoms with E-state index in [0.29, 0.717) is 12.1 Å². The highest BCUT2D eigenvalue weighted by Gasteiger charge is 2.50. The average molecular weight is 297 g/mol. The minimum Gasteiger partial charge on any atom is -0.490 e. The van der Waals surface area contributed by atoms with E-state index in [-0.39, 0.29) is 0 Å². The van der Waals surface area contributed by atoms with Gasteiger partial charge in [0.1, 0.15) is 12.4 Å². The van der Waals surface area contributed by atoms with Crippen LogP contribution in [0.25, 0.3) is 0 Å². The highest BCUT2D eigenvalue weighted by molar-refractivity contribution is 5.27. The molecule has 4 aliphatic carbocycles. The van der Waals surface area contributed by atoms with Crippen LogP contribution in [0.5, 0.6) is 5.75 Å². The molecule has 0 aromatic heterocycles. The molecule has 0 aliphatic heterocycles. The van der Waals surface area contributed by atoms with Crippen LogP contribution >= 0.6 is 0 Å². The molecule has 1 N–H and O–H groups in total. The summed E-state index contributed by atoms with van der Waals surface area (Å²) in [5.41, 5.74) is 1.81. The molecule has 1 aromatic rings. The molecule has 2 heteroatoms. The third-order valence-corrected chi connectivity index (χ3v) is 6.00. The van der Waals surface area contributed by atoms with Gasteiger partial charge in [-0.15, -0.1) is 0 Å². The fourth-order valence-corrected chi connectivity index (χ4v) is 5.48. The first-order valence-corrected chi connectivity index (χ1v) is 8.82. The van der Waals surface area contributed by atoms with Crippen LogP contribution in [0, 0.1) is 17.8 Å². The quantitative estimate of drug-likeness (QED) is 0.790. The van der Waals surface area contributed by atoms with Gasteiger partial charge in [-0.05, 0) is 74.0 Å². The lowest BCUT2D eigenvalue weighted by Gasteiger charge is -2.57. The Morgan fingerprint density at radius 1 is 1.05 bits per heavy atom. The van der Waals surface area contributed by atoms with Crippen molar-refractivity contribution in [1.29, 1.82) is 0 Å². The maximum atomic E-state index is 5.55. The largest absolute Gasteiger partial charge is 0.490 e. The van der Waals surface area contributed by atoms with Gasteiger partial charge in [0.2, 0.25) is 0 Å². The summed E-state index contributed by atoms with van der Waals surface area (Å²) in [4.78, 5) is 0. The fraction of sp³-hybridized carbons (Fsp3) is 0.600. The van der Waals surface area contributed by atoms with Crippen LogP contribution in [0.1, 0.15) is 44.1 Å². The fourth-order valence-electron chi connectivity index (χ4n) is 5.48. The lowest BCUT2D eigenvalue weighted by Crippen LogP contribution is -2.58. The van der Waals surface area contributed by atoms with Crippen molar-refractivity contribution in [2.75, 3.05) is 6.61 Å². The van der Waals surface area contributed by atoms with Gasteiger partial charge in [0.05, 0.1) is 0 Å². The molecule has 0 radical (unpaired) electrons. The summed E-state index contributed by atoms with van der Waals surface area (Å²) in [6.07, 6.45) is 10.6. The molecule has 0 atom stereocenters. The Balaban J connectivity index is 1.37. The molecule has 0 heterocycles. The monoisotopic (exact) mass is 297 g/mol. The average Bonchev–Trinajstić information content (AvgIpc) is 2.51. The van der Waals surface area contributed by atoms with Crippen LogP contribution < -0.4 is 10.1 Å². The number of ether oxygens (including phenoxy) is 1. The van der Waals surface area contributed by atoms with Crippen LogP contribution in [0.15, 0.2) is 36.9 Å². The molecule has 0 spiro atoms. The standard InChI is InChI=1S/C20H27NO/c1-2-7-22-19-5-3-15(4-6-19)14-21-20-11-16-8-17(12-20)10-18(9-16)13-20/h2-6,16-18,21H,1,7-14H2.